The normalized spacial score (nSPS) is 11.7. The lowest BCUT2D eigenvalue weighted by atomic mass is 10.0. The van der Waals surface area contributed by atoms with Crippen molar-refractivity contribution in [2.24, 2.45) is 0 Å². The molecule has 0 fully saturated rings. The SMILES string of the molecule is CCCN(CCC)S(=O)(=O)c1ccc(NC(=O)COc2ccccc2C(C)C)cc1. The first-order valence-electron chi connectivity index (χ1n) is 10.4. The monoisotopic (exact) mass is 432 g/mol. The van der Waals surface area contributed by atoms with E-state index in [0.29, 0.717) is 30.4 Å². The zero-order valence-corrected chi connectivity index (χ0v) is 19.0. The summed E-state index contributed by atoms with van der Waals surface area (Å²) in [4.78, 5) is 12.5. The number of carbonyl (C=O) groups excluding carboxylic acids is 1. The molecule has 1 N–H and O–H groups in total. The molecule has 0 aliphatic rings. The Morgan fingerprint density at radius 3 is 2.17 bits per heavy atom. The van der Waals surface area contributed by atoms with Gasteiger partial charge in [0.2, 0.25) is 10.0 Å². The molecular formula is C23H32N2O4S. The van der Waals surface area contributed by atoms with Crippen LogP contribution in [-0.2, 0) is 14.8 Å². The highest BCUT2D eigenvalue weighted by atomic mass is 32.2. The summed E-state index contributed by atoms with van der Waals surface area (Å²) in [5.41, 5.74) is 1.57. The van der Waals surface area contributed by atoms with Gasteiger partial charge in [-0.05, 0) is 54.7 Å². The Labute approximate surface area is 180 Å². The number of nitrogens with zero attached hydrogens (tertiary/aromatic N) is 1. The fourth-order valence-electron chi connectivity index (χ4n) is 3.14. The fourth-order valence-corrected chi connectivity index (χ4v) is 4.76. The molecule has 0 bridgehead atoms. The van der Waals surface area contributed by atoms with Crippen LogP contribution in [-0.4, -0.2) is 38.3 Å². The van der Waals surface area contributed by atoms with Crippen LogP contribution in [0.25, 0.3) is 0 Å². The minimum absolute atomic E-state index is 0.120. The first-order chi connectivity index (χ1) is 14.3. The zero-order chi connectivity index (χ0) is 22.1. The number of sulfonamides is 1. The number of hydrogen-bond donors (Lipinski definition) is 1. The van der Waals surface area contributed by atoms with Crippen molar-refractivity contribution in [2.75, 3.05) is 25.0 Å². The Bertz CT molecular complexity index is 918. The molecule has 0 saturated heterocycles. The third-order valence-electron chi connectivity index (χ3n) is 4.62. The van der Waals surface area contributed by atoms with Crippen LogP contribution in [0.4, 0.5) is 5.69 Å². The van der Waals surface area contributed by atoms with Gasteiger partial charge in [-0.25, -0.2) is 8.42 Å². The molecule has 0 heterocycles. The number of amides is 1. The minimum atomic E-state index is -3.53. The molecule has 2 rings (SSSR count). The van der Waals surface area contributed by atoms with Gasteiger partial charge in [0.05, 0.1) is 4.90 Å². The predicted molar refractivity (Wildman–Crippen MR) is 120 cm³/mol. The number of hydrogen-bond acceptors (Lipinski definition) is 4. The average molecular weight is 433 g/mol. The maximum atomic E-state index is 12.8. The van der Waals surface area contributed by atoms with E-state index in [1.807, 2.05) is 38.1 Å². The van der Waals surface area contributed by atoms with Gasteiger partial charge >= 0.3 is 0 Å². The summed E-state index contributed by atoms with van der Waals surface area (Å²) >= 11 is 0. The van der Waals surface area contributed by atoms with E-state index in [0.717, 1.165) is 18.4 Å². The van der Waals surface area contributed by atoms with Crippen molar-refractivity contribution in [1.82, 2.24) is 4.31 Å². The average Bonchev–Trinajstić information content (AvgIpc) is 2.72. The smallest absolute Gasteiger partial charge is 0.262 e. The summed E-state index contributed by atoms with van der Waals surface area (Å²) in [6, 6.07) is 13.9. The lowest BCUT2D eigenvalue weighted by Crippen LogP contribution is -2.32. The topological polar surface area (TPSA) is 75.7 Å². The van der Waals surface area contributed by atoms with Gasteiger partial charge in [0.15, 0.2) is 6.61 Å². The number of carbonyl (C=O) groups is 1. The molecule has 7 heteroatoms. The molecule has 0 unspecified atom stereocenters. The van der Waals surface area contributed by atoms with Gasteiger partial charge in [-0.3, -0.25) is 4.79 Å². The molecule has 0 aromatic heterocycles. The van der Waals surface area contributed by atoms with Crippen molar-refractivity contribution in [3.8, 4) is 5.75 Å². The molecule has 30 heavy (non-hydrogen) atoms. The number of nitrogens with one attached hydrogen (secondary N) is 1. The van der Waals surface area contributed by atoms with Crippen LogP contribution in [0.15, 0.2) is 53.4 Å². The molecule has 0 aliphatic heterocycles. The highest BCUT2D eigenvalue weighted by Crippen LogP contribution is 2.26. The van der Waals surface area contributed by atoms with E-state index < -0.39 is 10.0 Å². The Hall–Kier alpha value is -2.38. The molecule has 0 saturated carbocycles. The first-order valence-corrected chi connectivity index (χ1v) is 11.8. The lowest BCUT2D eigenvalue weighted by Gasteiger charge is -2.21. The minimum Gasteiger partial charge on any atom is -0.483 e. The first kappa shape index (κ1) is 23.9. The third-order valence-corrected chi connectivity index (χ3v) is 6.53. The van der Waals surface area contributed by atoms with Gasteiger partial charge in [-0.15, -0.1) is 0 Å². The fraction of sp³-hybridized carbons (Fsp3) is 0.435. The second kappa shape index (κ2) is 11.1. The summed E-state index contributed by atoms with van der Waals surface area (Å²) in [6.45, 7) is 8.91. The van der Waals surface area contributed by atoms with Crippen molar-refractivity contribution in [2.45, 2.75) is 51.3 Å². The highest BCUT2D eigenvalue weighted by Gasteiger charge is 2.22. The van der Waals surface area contributed by atoms with Crippen LogP contribution >= 0.6 is 0 Å². The Morgan fingerprint density at radius 2 is 1.60 bits per heavy atom. The number of benzene rings is 2. The van der Waals surface area contributed by atoms with Crippen LogP contribution in [0.3, 0.4) is 0 Å². The van der Waals surface area contributed by atoms with Crippen LogP contribution in [0, 0.1) is 0 Å². The largest absolute Gasteiger partial charge is 0.483 e. The number of ether oxygens (including phenoxy) is 1. The van der Waals surface area contributed by atoms with Crippen LogP contribution in [0.1, 0.15) is 52.0 Å². The van der Waals surface area contributed by atoms with Crippen LogP contribution in [0.5, 0.6) is 5.75 Å². The van der Waals surface area contributed by atoms with Gasteiger partial charge in [0.1, 0.15) is 5.75 Å². The van der Waals surface area contributed by atoms with Crippen molar-refractivity contribution in [3.63, 3.8) is 0 Å². The maximum Gasteiger partial charge on any atom is 0.262 e. The van der Waals surface area contributed by atoms with Crippen LogP contribution in [0.2, 0.25) is 0 Å². The van der Waals surface area contributed by atoms with Gasteiger partial charge in [0.25, 0.3) is 5.91 Å². The number of anilines is 1. The number of para-hydroxylation sites is 1. The maximum absolute atomic E-state index is 12.8. The molecule has 0 spiro atoms. The van der Waals surface area contributed by atoms with E-state index in [4.69, 9.17) is 4.74 Å². The summed E-state index contributed by atoms with van der Waals surface area (Å²) in [6.07, 6.45) is 1.51. The van der Waals surface area contributed by atoms with E-state index >= 15 is 0 Å². The van der Waals surface area contributed by atoms with E-state index in [1.165, 1.54) is 16.4 Å². The van der Waals surface area contributed by atoms with Crippen molar-refractivity contribution in [1.29, 1.82) is 0 Å². The third kappa shape index (κ3) is 6.31. The Balaban J connectivity index is 2.01. The molecule has 1 amide bonds. The van der Waals surface area contributed by atoms with Gasteiger partial charge in [0, 0.05) is 18.8 Å². The predicted octanol–water partition coefficient (Wildman–Crippen LogP) is 4.64. The van der Waals surface area contributed by atoms with Crippen molar-refractivity contribution >= 4 is 21.6 Å². The second-order valence-electron chi connectivity index (χ2n) is 7.46. The standard InChI is InChI=1S/C23H32N2O4S/c1-5-15-25(16-6-2)30(27,28)20-13-11-19(12-14-20)24-23(26)17-29-22-10-8-7-9-21(22)18(3)4/h7-14,18H,5-6,15-17H2,1-4H3,(H,24,26). The van der Waals surface area contributed by atoms with E-state index in [1.54, 1.807) is 12.1 Å². The molecule has 0 atom stereocenters. The summed E-state index contributed by atoms with van der Waals surface area (Å²) in [7, 11) is -3.53. The summed E-state index contributed by atoms with van der Waals surface area (Å²) in [5.74, 6) is 0.678. The molecular weight excluding hydrogens is 400 g/mol. The Kier molecular flexibility index (Phi) is 8.87. The molecule has 0 aliphatic carbocycles. The van der Waals surface area contributed by atoms with E-state index in [9.17, 15) is 13.2 Å². The quantitative estimate of drug-likeness (QED) is 0.561. The van der Waals surface area contributed by atoms with Crippen LogP contribution < -0.4 is 10.1 Å². The number of rotatable bonds is 11. The molecule has 164 valence electrons. The van der Waals surface area contributed by atoms with Gasteiger partial charge in [-0.1, -0.05) is 45.9 Å². The summed E-state index contributed by atoms with van der Waals surface area (Å²) in [5, 5.41) is 2.75. The van der Waals surface area contributed by atoms with Gasteiger partial charge < -0.3 is 10.1 Å². The molecule has 2 aromatic rings. The lowest BCUT2D eigenvalue weighted by molar-refractivity contribution is -0.118. The molecule has 6 nitrogen and oxygen atoms in total. The second-order valence-corrected chi connectivity index (χ2v) is 9.40. The van der Waals surface area contributed by atoms with Gasteiger partial charge in [-0.2, -0.15) is 4.31 Å². The van der Waals surface area contributed by atoms with Crippen molar-refractivity contribution in [3.05, 3.63) is 54.1 Å². The highest BCUT2D eigenvalue weighted by molar-refractivity contribution is 7.89. The zero-order valence-electron chi connectivity index (χ0n) is 18.2. The Morgan fingerprint density at radius 1 is 1.00 bits per heavy atom. The molecule has 2 aromatic carbocycles. The summed E-state index contributed by atoms with van der Waals surface area (Å²) < 4.78 is 32.8. The van der Waals surface area contributed by atoms with E-state index in [-0.39, 0.29) is 17.4 Å². The van der Waals surface area contributed by atoms with Crippen molar-refractivity contribution < 1.29 is 17.9 Å². The van der Waals surface area contributed by atoms with E-state index in [2.05, 4.69) is 19.2 Å². The molecule has 0 radical (unpaired) electrons.